The fourth-order valence-electron chi connectivity index (χ4n) is 3.46. The summed E-state index contributed by atoms with van der Waals surface area (Å²) in [6.07, 6.45) is 0. The Kier molecular flexibility index (Phi) is 5.20. The van der Waals surface area contributed by atoms with E-state index in [9.17, 15) is 22.8 Å². The van der Waals surface area contributed by atoms with Crippen LogP contribution in [0.3, 0.4) is 0 Å². The van der Waals surface area contributed by atoms with Gasteiger partial charge in [-0.2, -0.15) is 0 Å². The normalized spacial score (nSPS) is 13.8. The van der Waals surface area contributed by atoms with E-state index >= 15 is 0 Å². The average molecular weight is 438 g/mol. The van der Waals surface area contributed by atoms with Gasteiger partial charge in [0.2, 0.25) is 5.91 Å². The molecule has 0 unspecified atom stereocenters. The van der Waals surface area contributed by atoms with E-state index in [0.29, 0.717) is 22.3 Å². The Labute approximate surface area is 178 Å². The third-order valence-electron chi connectivity index (χ3n) is 4.85. The summed E-state index contributed by atoms with van der Waals surface area (Å²) in [7, 11) is -3.89. The molecule has 0 saturated heterocycles. The van der Waals surface area contributed by atoms with Gasteiger partial charge in [-0.05, 0) is 41.8 Å². The maximum Gasteiger partial charge on any atom is 0.327 e. The molecule has 0 saturated carbocycles. The van der Waals surface area contributed by atoms with Gasteiger partial charge >= 0.3 is 5.97 Å². The zero-order valence-corrected chi connectivity index (χ0v) is 17.3. The summed E-state index contributed by atoms with van der Waals surface area (Å²) in [5.41, 5.74) is 1.24. The van der Waals surface area contributed by atoms with E-state index in [1.165, 1.54) is 25.1 Å². The number of anilines is 2. The van der Waals surface area contributed by atoms with Crippen molar-refractivity contribution in [3.63, 3.8) is 0 Å². The molecule has 1 amide bonds. The first-order valence-electron chi connectivity index (χ1n) is 9.38. The van der Waals surface area contributed by atoms with Crippen molar-refractivity contribution in [3.8, 4) is 0 Å². The number of rotatable bonds is 6. The molecule has 0 fully saturated rings. The number of benzene rings is 3. The zero-order chi connectivity index (χ0) is 22.2. The number of hydrogen-bond donors (Lipinski definition) is 1. The largest absolute Gasteiger partial charge is 0.456 e. The fraction of sp³-hybridized carbons (Fsp3) is 0.136. The van der Waals surface area contributed by atoms with Crippen LogP contribution in [-0.2, 0) is 24.3 Å². The van der Waals surface area contributed by atoms with Crippen LogP contribution in [0.25, 0.3) is 10.8 Å². The van der Waals surface area contributed by atoms with Crippen LogP contribution in [-0.4, -0.2) is 39.2 Å². The molecular formula is C22H18N2O6S. The van der Waals surface area contributed by atoms with Gasteiger partial charge in [0.15, 0.2) is 12.4 Å². The van der Waals surface area contributed by atoms with E-state index in [4.69, 9.17) is 4.74 Å². The van der Waals surface area contributed by atoms with E-state index in [1.807, 2.05) is 0 Å². The summed E-state index contributed by atoms with van der Waals surface area (Å²) in [5, 5.41) is 3.91. The number of Topliss-reactive ketones (excluding diaryl/α,β-unsaturated/α-hetero) is 1. The Hall–Kier alpha value is -3.72. The van der Waals surface area contributed by atoms with E-state index in [2.05, 4.69) is 5.32 Å². The maximum atomic E-state index is 12.9. The average Bonchev–Trinajstić information content (AvgIpc) is 2.95. The van der Waals surface area contributed by atoms with E-state index in [0.717, 1.165) is 9.69 Å². The predicted molar refractivity (Wildman–Crippen MR) is 115 cm³/mol. The van der Waals surface area contributed by atoms with Crippen LogP contribution in [0, 0.1) is 0 Å². The number of sulfonamides is 1. The van der Waals surface area contributed by atoms with Gasteiger partial charge in [0, 0.05) is 23.6 Å². The highest BCUT2D eigenvalue weighted by molar-refractivity contribution is 7.93. The third kappa shape index (κ3) is 3.87. The number of carbonyl (C=O) groups is 3. The zero-order valence-electron chi connectivity index (χ0n) is 16.5. The quantitative estimate of drug-likeness (QED) is 0.468. The first kappa shape index (κ1) is 20.5. The Morgan fingerprint density at radius 2 is 1.65 bits per heavy atom. The summed E-state index contributed by atoms with van der Waals surface area (Å²) in [5.74, 6) is -1.52. The lowest BCUT2D eigenvalue weighted by Crippen LogP contribution is -2.34. The lowest BCUT2D eigenvalue weighted by Gasteiger charge is -2.17. The second-order valence-corrected chi connectivity index (χ2v) is 8.82. The van der Waals surface area contributed by atoms with Crippen molar-refractivity contribution in [3.05, 3.63) is 66.2 Å². The number of esters is 1. The minimum atomic E-state index is -3.89. The molecule has 0 aromatic heterocycles. The molecule has 1 aliphatic heterocycles. The highest BCUT2D eigenvalue weighted by atomic mass is 32.2. The van der Waals surface area contributed by atoms with Gasteiger partial charge in [-0.3, -0.25) is 18.7 Å². The molecule has 1 N–H and O–H groups in total. The first-order valence-corrected chi connectivity index (χ1v) is 10.8. The number of carbonyl (C=O) groups excluding carboxylic acids is 3. The van der Waals surface area contributed by atoms with Crippen LogP contribution in [0.2, 0.25) is 0 Å². The monoisotopic (exact) mass is 438 g/mol. The smallest absolute Gasteiger partial charge is 0.327 e. The third-order valence-corrected chi connectivity index (χ3v) is 6.65. The first-order chi connectivity index (χ1) is 14.8. The summed E-state index contributed by atoms with van der Waals surface area (Å²) in [4.78, 5) is 35.8. The van der Waals surface area contributed by atoms with Crippen LogP contribution < -0.4 is 9.62 Å². The summed E-state index contributed by atoms with van der Waals surface area (Å²) < 4.78 is 31.8. The van der Waals surface area contributed by atoms with Crippen molar-refractivity contribution in [2.45, 2.75) is 11.8 Å². The molecule has 8 nitrogen and oxygen atoms in total. The molecule has 0 atom stereocenters. The molecule has 0 spiro atoms. The lowest BCUT2D eigenvalue weighted by atomic mass is 10.1. The molecule has 31 heavy (non-hydrogen) atoms. The second kappa shape index (κ2) is 7.84. The number of amides is 1. The SMILES string of the molecule is CC(=O)Nc1ccc(C(=O)COC(=O)CN2c3cccc4cccc(c34)S2(=O)=O)cc1. The number of hydrogen-bond acceptors (Lipinski definition) is 6. The van der Waals surface area contributed by atoms with Crippen LogP contribution >= 0.6 is 0 Å². The lowest BCUT2D eigenvalue weighted by molar-refractivity contribution is -0.140. The maximum absolute atomic E-state index is 12.9. The van der Waals surface area contributed by atoms with Gasteiger partial charge in [0.05, 0.1) is 10.6 Å². The van der Waals surface area contributed by atoms with Crippen LogP contribution in [0.1, 0.15) is 17.3 Å². The Morgan fingerprint density at radius 3 is 2.32 bits per heavy atom. The molecule has 0 radical (unpaired) electrons. The summed E-state index contributed by atoms with van der Waals surface area (Å²) >= 11 is 0. The van der Waals surface area contributed by atoms with Crippen molar-refractivity contribution < 1.29 is 27.5 Å². The van der Waals surface area contributed by atoms with Gasteiger partial charge in [0.1, 0.15) is 6.54 Å². The molecule has 3 aromatic rings. The summed E-state index contributed by atoms with van der Waals surface area (Å²) in [6.45, 7) is 0.312. The Morgan fingerprint density at radius 1 is 0.968 bits per heavy atom. The number of ketones is 1. The van der Waals surface area contributed by atoms with Gasteiger partial charge < -0.3 is 10.1 Å². The molecule has 1 aliphatic rings. The highest BCUT2D eigenvalue weighted by Crippen LogP contribution is 2.41. The van der Waals surface area contributed by atoms with E-state index in [1.54, 1.807) is 42.5 Å². The van der Waals surface area contributed by atoms with Crippen molar-refractivity contribution >= 4 is 49.8 Å². The molecule has 9 heteroatoms. The van der Waals surface area contributed by atoms with E-state index in [-0.39, 0.29) is 10.8 Å². The van der Waals surface area contributed by atoms with E-state index < -0.39 is 34.9 Å². The number of nitrogens with one attached hydrogen (secondary N) is 1. The van der Waals surface area contributed by atoms with Crippen LogP contribution in [0.15, 0.2) is 65.6 Å². The number of ether oxygens (including phenoxy) is 1. The second-order valence-electron chi connectivity index (χ2n) is 6.99. The van der Waals surface area contributed by atoms with Gasteiger partial charge in [-0.25, -0.2) is 8.42 Å². The van der Waals surface area contributed by atoms with Crippen LogP contribution in [0.5, 0.6) is 0 Å². The molecule has 1 heterocycles. The topological polar surface area (TPSA) is 110 Å². The van der Waals surface area contributed by atoms with Gasteiger partial charge in [-0.1, -0.05) is 24.3 Å². The van der Waals surface area contributed by atoms with Gasteiger partial charge in [-0.15, -0.1) is 0 Å². The Balaban J connectivity index is 1.43. The number of nitrogens with zero attached hydrogens (tertiary/aromatic N) is 1. The van der Waals surface area contributed by atoms with Crippen molar-refractivity contribution in [2.24, 2.45) is 0 Å². The summed E-state index contributed by atoms with van der Waals surface area (Å²) in [6, 6.07) is 16.2. The minimum Gasteiger partial charge on any atom is -0.456 e. The molecule has 0 aliphatic carbocycles. The van der Waals surface area contributed by atoms with Gasteiger partial charge in [0.25, 0.3) is 10.0 Å². The Bertz CT molecular complexity index is 1310. The minimum absolute atomic E-state index is 0.142. The van der Waals surface area contributed by atoms with Crippen molar-refractivity contribution in [2.75, 3.05) is 22.8 Å². The molecule has 3 aromatic carbocycles. The molecule has 158 valence electrons. The van der Waals surface area contributed by atoms with Crippen LogP contribution in [0.4, 0.5) is 11.4 Å². The predicted octanol–water partition coefficient (Wildman–Crippen LogP) is 2.73. The molecule has 0 bridgehead atoms. The fourth-order valence-corrected chi connectivity index (χ4v) is 5.12. The van der Waals surface area contributed by atoms with Crippen molar-refractivity contribution in [1.29, 1.82) is 0 Å². The molecule has 4 rings (SSSR count). The highest BCUT2D eigenvalue weighted by Gasteiger charge is 2.37. The van der Waals surface area contributed by atoms with Crippen molar-refractivity contribution in [1.82, 2.24) is 0 Å². The standard InChI is InChI=1S/C22H18N2O6S/c1-14(25)23-17-10-8-15(9-11-17)19(26)13-30-21(27)12-24-18-6-2-4-16-5-3-7-20(22(16)18)31(24,28)29/h2-11H,12-13H2,1H3,(H,23,25). The molecular weight excluding hydrogens is 420 g/mol.